The van der Waals surface area contributed by atoms with Gasteiger partial charge in [-0.25, -0.2) is 5.43 Å². The van der Waals surface area contributed by atoms with E-state index >= 15 is 0 Å². The van der Waals surface area contributed by atoms with Gasteiger partial charge in [-0.1, -0.05) is 29.3 Å². The Morgan fingerprint density at radius 1 is 1.16 bits per heavy atom. The van der Waals surface area contributed by atoms with Gasteiger partial charge in [-0.3, -0.25) is 9.59 Å². The molecule has 0 unspecified atom stereocenters. The van der Waals surface area contributed by atoms with Crippen molar-refractivity contribution in [2.24, 2.45) is 5.10 Å². The Balaban J connectivity index is 1.74. The maximum absolute atomic E-state index is 12.4. The van der Waals surface area contributed by atoms with Gasteiger partial charge in [0.05, 0.1) is 36.0 Å². The average molecular weight is 496 g/mol. The minimum atomic E-state index is -0.429. The maximum atomic E-state index is 12.4. The number of thiophene rings is 2. The highest BCUT2D eigenvalue weighted by molar-refractivity contribution is 7.16. The quantitative estimate of drug-likeness (QED) is 0.338. The fourth-order valence-electron chi connectivity index (χ4n) is 2.61. The number of hydrazone groups is 1. The number of carbonyl (C=O) groups excluding carboxylic acids is 2. The number of halogens is 2. The number of hydrogen-bond acceptors (Lipinski definition) is 6. The van der Waals surface area contributed by atoms with Gasteiger partial charge in [-0.15, -0.1) is 22.7 Å². The molecule has 0 fully saturated rings. The Morgan fingerprint density at radius 2 is 1.87 bits per heavy atom. The molecule has 0 saturated heterocycles. The lowest BCUT2D eigenvalue weighted by molar-refractivity contribution is 0.0807. The number of benzene rings is 1. The lowest BCUT2D eigenvalue weighted by Gasteiger charge is -2.12. The van der Waals surface area contributed by atoms with Gasteiger partial charge >= 0.3 is 0 Å². The first-order valence-electron chi connectivity index (χ1n) is 9.19. The zero-order valence-electron chi connectivity index (χ0n) is 16.9. The zero-order valence-corrected chi connectivity index (χ0v) is 20.0. The van der Waals surface area contributed by atoms with Crippen molar-refractivity contribution in [2.45, 2.75) is 13.8 Å². The van der Waals surface area contributed by atoms with E-state index in [1.165, 1.54) is 11.3 Å². The Morgan fingerprint density at radius 3 is 2.55 bits per heavy atom. The van der Waals surface area contributed by atoms with E-state index in [1.807, 2.05) is 6.92 Å². The van der Waals surface area contributed by atoms with Crippen molar-refractivity contribution in [2.75, 3.05) is 13.6 Å². The SMILES string of the molecule is CCN(C)C(=O)c1ccc(C(=O)NN=C(C)c2csc(-c3ccc(Cl)c(Cl)c3)c2O)s1. The van der Waals surface area contributed by atoms with Crippen LogP contribution in [0.4, 0.5) is 0 Å². The Hall–Kier alpha value is -2.39. The number of carbonyl (C=O) groups is 2. The minimum Gasteiger partial charge on any atom is -0.506 e. The Labute approximate surface area is 197 Å². The third-order valence-corrected chi connectivity index (χ3v) is 7.35. The molecule has 0 saturated carbocycles. The lowest BCUT2D eigenvalue weighted by atomic mass is 10.1. The molecule has 6 nitrogen and oxygen atoms in total. The molecule has 2 aromatic heterocycles. The van der Waals surface area contributed by atoms with Gasteiger partial charge in [0.25, 0.3) is 11.8 Å². The smallest absolute Gasteiger partial charge is 0.281 e. The molecule has 2 amide bonds. The van der Waals surface area contributed by atoms with E-state index < -0.39 is 5.91 Å². The van der Waals surface area contributed by atoms with Crippen molar-refractivity contribution in [1.29, 1.82) is 0 Å². The first-order valence-corrected chi connectivity index (χ1v) is 11.6. The Bertz CT molecular complexity index is 1170. The van der Waals surface area contributed by atoms with Gasteiger partial charge in [0.2, 0.25) is 0 Å². The van der Waals surface area contributed by atoms with Crippen LogP contribution in [0.25, 0.3) is 10.4 Å². The first kappa shape index (κ1) is 23.3. The number of hydrogen-bond donors (Lipinski definition) is 2. The normalized spacial score (nSPS) is 11.5. The highest BCUT2D eigenvalue weighted by Crippen LogP contribution is 2.40. The van der Waals surface area contributed by atoms with E-state index in [0.29, 0.717) is 42.5 Å². The second-order valence-electron chi connectivity index (χ2n) is 6.58. The highest BCUT2D eigenvalue weighted by Gasteiger charge is 2.18. The fraction of sp³-hybridized carbons (Fsp3) is 0.190. The van der Waals surface area contributed by atoms with E-state index in [4.69, 9.17) is 23.2 Å². The second kappa shape index (κ2) is 9.82. The lowest BCUT2D eigenvalue weighted by Crippen LogP contribution is -2.25. The Kier molecular flexibility index (Phi) is 7.38. The number of rotatable bonds is 6. The molecule has 3 aromatic rings. The van der Waals surface area contributed by atoms with Crippen molar-refractivity contribution in [3.05, 3.63) is 61.1 Å². The summed E-state index contributed by atoms with van der Waals surface area (Å²) in [5.41, 5.74) is 4.14. The summed E-state index contributed by atoms with van der Waals surface area (Å²) in [5, 5.41) is 17.3. The third-order valence-electron chi connectivity index (χ3n) is 4.52. The van der Waals surface area contributed by atoms with Crippen LogP contribution in [0.5, 0.6) is 5.75 Å². The van der Waals surface area contributed by atoms with Crippen LogP contribution in [0.1, 0.15) is 38.8 Å². The summed E-state index contributed by atoms with van der Waals surface area (Å²) in [6, 6.07) is 8.32. The average Bonchev–Trinajstić information content (AvgIpc) is 3.40. The summed E-state index contributed by atoms with van der Waals surface area (Å²) in [6.07, 6.45) is 0. The molecule has 0 aliphatic rings. The molecule has 0 bridgehead atoms. The van der Waals surface area contributed by atoms with Crippen LogP contribution in [0, 0.1) is 0 Å². The highest BCUT2D eigenvalue weighted by atomic mass is 35.5. The van der Waals surface area contributed by atoms with E-state index in [-0.39, 0.29) is 11.7 Å². The fourth-order valence-corrected chi connectivity index (χ4v) is 4.80. The van der Waals surface area contributed by atoms with E-state index in [1.54, 1.807) is 54.6 Å². The van der Waals surface area contributed by atoms with Crippen molar-refractivity contribution in [3.63, 3.8) is 0 Å². The maximum Gasteiger partial charge on any atom is 0.281 e. The summed E-state index contributed by atoms with van der Waals surface area (Å²) >= 11 is 14.5. The third kappa shape index (κ3) is 5.10. The van der Waals surface area contributed by atoms with Crippen LogP contribution in [0.3, 0.4) is 0 Å². The second-order valence-corrected chi connectivity index (χ2v) is 9.36. The molecule has 0 atom stereocenters. The largest absolute Gasteiger partial charge is 0.506 e. The van der Waals surface area contributed by atoms with Crippen LogP contribution in [-0.4, -0.2) is 41.1 Å². The molecule has 162 valence electrons. The predicted molar refractivity (Wildman–Crippen MR) is 128 cm³/mol. The predicted octanol–water partition coefficient (Wildman–Crippen LogP) is 5.73. The van der Waals surface area contributed by atoms with Gasteiger partial charge in [0, 0.05) is 19.0 Å². The monoisotopic (exact) mass is 495 g/mol. The molecule has 31 heavy (non-hydrogen) atoms. The summed E-state index contributed by atoms with van der Waals surface area (Å²) in [4.78, 5) is 27.7. The number of amides is 2. The summed E-state index contributed by atoms with van der Waals surface area (Å²) in [6.45, 7) is 4.14. The molecule has 1 aromatic carbocycles. The first-order chi connectivity index (χ1) is 14.7. The number of nitrogens with zero attached hydrogens (tertiary/aromatic N) is 2. The van der Waals surface area contributed by atoms with Crippen molar-refractivity contribution in [3.8, 4) is 16.2 Å². The molecule has 3 rings (SSSR count). The number of nitrogens with one attached hydrogen (secondary N) is 1. The van der Waals surface area contributed by atoms with Gasteiger partial charge in [0.15, 0.2) is 0 Å². The summed E-state index contributed by atoms with van der Waals surface area (Å²) in [5.74, 6) is -0.517. The van der Waals surface area contributed by atoms with Crippen LogP contribution in [0.2, 0.25) is 10.0 Å². The molecule has 10 heteroatoms. The van der Waals surface area contributed by atoms with E-state index in [9.17, 15) is 14.7 Å². The van der Waals surface area contributed by atoms with Crippen molar-refractivity contribution >= 4 is 63.4 Å². The molecule has 0 spiro atoms. The van der Waals surface area contributed by atoms with Crippen LogP contribution in [-0.2, 0) is 0 Å². The molecule has 2 heterocycles. The molecular formula is C21H19Cl2N3O3S2. The molecule has 0 radical (unpaired) electrons. The summed E-state index contributed by atoms with van der Waals surface area (Å²) in [7, 11) is 1.70. The van der Waals surface area contributed by atoms with Gasteiger partial charge < -0.3 is 10.0 Å². The standard InChI is InChI=1S/C21H19Cl2N3O3S2/c1-4-26(3)21(29)17-8-7-16(31-17)20(28)25-24-11(2)13-10-30-19(18(13)27)12-5-6-14(22)15(23)9-12/h5-10,27H,4H2,1-3H3,(H,25,28). The van der Waals surface area contributed by atoms with E-state index in [0.717, 1.165) is 16.9 Å². The van der Waals surface area contributed by atoms with Crippen LogP contribution < -0.4 is 5.43 Å². The van der Waals surface area contributed by atoms with Crippen LogP contribution >= 0.6 is 45.9 Å². The van der Waals surface area contributed by atoms with E-state index in [2.05, 4.69) is 10.5 Å². The van der Waals surface area contributed by atoms with Gasteiger partial charge in [-0.2, -0.15) is 5.10 Å². The van der Waals surface area contributed by atoms with Crippen molar-refractivity contribution in [1.82, 2.24) is 10.3 Å². The van der Waals surface area contributed by atoms with Gasteiger partial charge in [-0.05, 0) is 43.7 Å². The topological polar surface area (TPSA) is 82.0 Å². The summed E-state index contributed by atoms with van der Waals surface area (Å²) < 4.78 is 0. The molecule has 0 aliphatic carbocycles. The minimum absolute atomic E-state index is 0.0468. The zero-order chi connectivity index (χ0) is 22.7. The van der Waals surface area contributed by atoms with Gasteiger partial charge in [0.1, 0.15) is 5.75 Å². The molecule has 2 N–H and O–H groups in total. The molecule has 0 aliphatic heterocycles. The number of aromatic hydroxyl groups is 1. The molecular weight excluding hydrogens is 477 g/mol. The van der Waals surface area contributed by atoms with Crippen LogP contribution in [0.15, 0.2) is 40.8 Å². The van der Waals surface area contributed by atoms with Crippen molar-refractivity contribution < 1.29 is 14.7 Å².